The number of esters is 1. The van der Waals surface area contributed by atoms with Gasteiger partial charge in [0.1, 0.15) is 10.7 Å². The molecule has 0 fully saturated rings. The number of thiophene rings is 1. The second-order valence-corrected chi connectivity index (χ2v) is 14.3. The molecule has 0 atom stereocenters. The van der Waals surface area contributed by atoms with Gasteiger partial charge in [0.15, 0.2) is 0 Å². The summed E-state index contributed by atoms with van der Waals surface area (Å²) in [6, 6.07) is 42.0. The van der Waals surface area contributed by atoms with Crippen molar-refractivity contribution in [2.24, 2.45) is 0 Å². The van der Waals surface area contributed by atoms with E-state index >= 15 is 0 Å². The monoisotopic (exact) mass is 780 g/mol. The Labute approximate surface area is 332 Å². The van der Waals surface area contributed by atoms with E-state index in [4.69, 9.17) is 4.74 Å². The highest BCUT2D eigenvalue weighted by Gasteiger charge is 2.26. The normalized spacial score (nSPS) is 10.9. The molecular weight excluding hydrogens is 745 g/mol. The first-order valence-electron chi connectivity index (χ1n) is 17.3. The molecule has 0 radical (unpaired) electrons. The number of nitrogens with one attached hydrogen (secondary N) is 4. The Morgan fingerprint density at radius 2 is 1.30 bits per heavy atom. The topological polar surface area (TPSA) is 143 Å². The van der Waals surface area contributed by atoms with Crippen LogP contribution in [-0.2, 0) is 14.3 Å². The standard InChI is InChI=1S/C44H36N4O6S2/c1-28-38(44(53)54-2)43(56-39(28)42(52)45-33-17-10-5-11-18-33)48-37(49)27-55-35-20-12-19-34(26-35)46-41(51)36(47-40(50)32-15-8-4-9-16-32)25-29-21-23-31(24-22-29)30-13-6-3-7-14-30/h3-26H,27H2,1-2H3,(H,45,52)(H,46,51)(H,47,50)(H,48,49)/b36-25+. The second kappa shape index (κ2) is 18.5. The molecule has 5 aromatic carbocycles. The number of amides is 4. The molecule has 0 spiro atoms. The van der Waals surface area contributed by atoms with Crippen LogP contribution >= 0.6 is 23.1 Å². The maximum atomic E-state index is 13.7. The third-order valence-corrected chi connectivity index (χ3v) is 10.5. The van der Waals surface area contributed by atoms with E-state index in [1.165, 1.54) is 18.9 Å². The quantitative estimate of drug-likeness (QED) is 0.0521. The summed E-state index contributed by atoms with van der Waals surface area (Å²) in [5, 5.41) is 11.4. The molecule has 0 aliphatic heterocycles. The van der Waals surface area contributed by atoms with E-state index in [1.54, 1.807) is 91.9 Å². The molecule has 0 saturated heterocycles. The molecule has 10 nitrogen and oxygen atoms in total. The van der Waals surface area contributed by atoms with Gasteiger partial charge in [-0.1, -0.05) is 97.1 Å². The van der Waals surface area contributed by atoms with Crippen LogP contribution in [0.5, 0.6) is 0 Å². The van der Waals surface area contributed by atoms with Crippen molar-refractivity contribution in [2.75, 3.05) is 28.8 Å². The van der Waals surface area contributed by atoms with E-state index in [0.717, 1.165) is 22.5 Å². The van der Waals surface area contributed by atoms with Gasteiger partial charge in [-0.2, -0.15) is 0 Å². The first-order valence-corrected chi connectivity index (χ1v) is 19.1. The molecule has 1 aromatic heterocycles. The van der Waals surface area contributed by atoms with Gasteiger partial charge in [0.2, 0.25) is 5.91 Å². The summed E-state index contributed by atoms with van der Waals surface area (Å²) >= 11 is 2.19. The van der Waals surface area contributed by atoms with Gasteiger partial charge < -0.3 is 26.0 Å². The van der Waals surface area contributed by atoms with Gasteiger partial charge in [0, 0.05) is 21.8 Å². The van der Waals surface area contributed by atoms with Crippen molar-refractivity contribution in [1.29, 1.82) is 0 Å². The lowest BCUT2D eigenvalue weighted by molar-refractivity contribution is -0.114. The molecule has 0 bridgehead atoms. The van der Waals surface area contributed by atoms with Gasteiger partial charge in [0.05, 0.1) is 23.3 Å². The first-order chi connectivity index (χ1) is 27.2. The number of rotatable bonds is 13. The van der Waals surface area contributed by atoms with Crippen molar-refractivity contribution in [3.63, 3.8) is 0 Å². The molecule has 4 N–H and O–H groups in total. The summed E-state index contributed by atoms with van der Waals surface area (Å²) in [6.07, 6.45) is 1.61. The lowest BCUT2D eigenvalue weighted by Gasteiger charge is -2.12. The highest BCUT2D eigenvalue weighted by Crippen LogP contribution is 2.35. The zero-order valence-corrected chi connectivity index (χ0v) is 32.0. The molecule has 1 heterocycles. The number of hydrogen-bond acceptors (Lipinski definition) is 8. The van der Waals surface area contributed by atoms with Crippen LogP contribution in [0.25, 0.3) is 17.2 Å². The lowest BCUT2D eigenvalue weighted by atomic mass is 10.0. The Morgan fingerprint density at radius 1 is 0.679 bits per heavy atom. The van der Waals surface area contributed by atoms with Gasteiger partial charge in [-0.05, 0) is 77.7 Å². The molecule has 280 valence electrons. The highest BCUT2D eigenvalue weighted by molar-refractivity contribution is 8.00. The Morgan fingerprint density at radius 3 is 1.98 bits per heavy atom. The third kappa shape index (κ3) is 10.1. The van der Waals surface area contributed by atoms with Crippen molar-refractivity contribution in [3.8, 4) is 11.1 Å². The molecule has 0 aliphatic carbocycles. The number of methoxy groups -OCH3 is 1. The Hall–Kier alpha value is -6.76. The maximum absolute atomic E-state index is 13.7. The number of thioether (sulfide) groups is 1. The predicted octanol–water partition coefficient (Wildman–Crippen LogP) is 8.90. The second-order valence-electron chi connectivity index (χ2n) is 12.3. The van der Waals surface area contributed by atoms with E-state index < -0.39 is 29.6 Å². The van der Waals surface area contributed by atoms with E-state index in [1.807, 2.05) is 60.7 Å². The van der Waals surface area contributed by atoms with Crippen molar-refractivity contribution >= 4 is 75.1 Å². The number of hydrogen-bond donors (Lipinski definition) is 4. The summed E-state index contributed by atoms with van der Waals surface area (Å²) < 4.78 is 4.96. The molecule has 0 saturated carbocycles. The van der Waals surface area contributed by atoms with Crippen LogP contribution in [0, 0.1) is 6.92 Å². The average molecular weight is 781 g/mol. The van der Waals surface area contributed by atoms with Gasteiger partial charge in [0.25, 0.3) is 17.7 Å². The van der Waals surface area contributed by atoms with Crippen molar-refractivity contribution < 1.29 is 28.7 Å². The molecule has 0 aliphatic rings. The van der Waals surface area contributed by atoms with Crippen LogP contribution in [0.15, 0.2) is 150 Å². The maximum Gasteiger partial charge on any atom is 0.341 e. The van der Waals surface area contributed by atoms with Gasteiger partial charge in [-0.25, -0.2) is 4.79 Å². The van der Waals surface area contributed by atoms with Gasteiger partial charge in [-0.3, -0.25) is 19.2 Å². The summed E-state index contributed by atoms with van der Waals surface area (Å²) in [7, 11) is 1.23. The van der Waals surface area contributed by atoms with E-state index in [2.05, 4.69) is 21.3 Å². The van der Waals surface area contributed by atoms with Crippen LogP contribution in [0.1, 0.15) is 41.5 Å². The Bertz CT molecular complexity index is 2400. The molecular formula is C44H36N4O6S2. The zero-order chi connectivity index (χ0) is 39.4. The van der Waals surface area contributed by atoms with E-state index in [-0.39, 0.29) is 26.9 Å². The largest absolute Gasteiger partial charge is 0.465 e. The van der Waals surface area contributed by atoms with Crippen LogP contribution in [0.3, 0.4) is 0 Å². The minimum atomic E-state index is -0.679. The van der Waals surface area contributed by atoms with E-state index in [0.29, 0.717) is 33.0 Å². The van der Waals surface area contributed by atoms with Crippen molar-refractivity contribution in [2.45, 2.75) is 11.8 Å². The molecule has 6 rings (SSSR count). The minimum Gasteiger partial charge on any atom is -0.465 e. The van der Waals surface area contributed by atoms with E-state index in [9.17, 15) is 24.0 Å². The predicted molar refractivity (Wildman–Crippen MR) is 223 cm³/mol. The SMILES string of the molecule is COC(=O)c1c(NC(=O)CSc2cccc(NC(=O)/C(=C\c3ccc(-c4ccccc4)cc3)NC(=O)c3ccccc3)c2)sc(C(=O)Nc2ccccc2)c1C. The number of ether oxygens (including phenoxy) is 1. The summed E-state index contributed by atoms with van der Waals surface area (Å²) in [6.45, 7) is 1.63. The molecule has 4 amide bonds. The molecule has 12 heteroatoms. The third-order valence-electron chi connectivity index (χ3n) is 8.35. The lowest BCUT2D eigenvalue weighted by Crippen LogP contribution is -2.30. The Balaban J connectivity index is 1.14. The molecule has 6 aromatic rings. The van der Waals surface area contributed by atoms with Crippen molar-refractivity contribution in [3.05, 3.63) is 172 Å². The number of para-hydroxylation sites is 1. The van der Waals surface area contributed by atoms with Crippen molar-refractivity contribution in [1.82, 2.24) is 5.32 Å². The number of benzene rings is 5. The molecule has 0 unspecified atom stereocenters. The smallest absolute Gasteiger partial charge is 0.341 e. The van der Waals surface area contributed by atoms with Gasteiger partial charge in [-0.15, -0.1) is 23.1 Å². The average Bonchev–Trinajstić information content (AvgIpc) is 3.55. The first kappa shape index (κ1) is 38.9. The fourth-order valence-electron chi connectivity index (χ4n) is 5.56. The van der Waals surface area contributed by atoms with Crippen LogP contribution < -0.4 is 21.3 Å². The van der Waals surface area contributed by atoms with Crippen LogP contribution in [0.2, 0.25) is 0 Å². The fourth-order valence-corrected chi connectivity index (χ4v) is 7.42. The summed E-state index contributed by atoms with van der Waals surface area (Å²) in [4.78, 5) is 66.8. The summed E-state index contributed by atoms with van der Waals surface area (Å²) in [5.74, 6) is -2.55. The van der Waals surface area contributed by atoms with Gasteiger partial charge >= 0.3 is 5.97 Å². The minimum absolute atomic E-state index is 0.0354. The zero-order valence-electron chi connectivity index (χ0n) is 30.3. The number of carbonyl (C=O) groups excluding carboxylic acids is 5. The number of anilines is 3. The Kier molecular flexibility index (Phi) is 12.9. The number of carbonyl (C=O) groups is 5. The fraction of sp³-hybridized carbons (Fsp3) is 0.0682. The highest BCUT2D eigenvalue weighted by atomic mass is 32.2. The molecule has 56 heavy (non-hydrogen) atoms. The summed E-state index contributed by atoms with van der Waals surface area (Å²) in [5.41, 5.74) is 4.72. The van der Waals surface area contributed by atoms with Crippen LogP contribution in [0.4, 0.5) is 16.4 Å². The van der Waals surface area contributed by atoms with Crippen LogP contribution in [-0.4, -0.2) is 42.5 Å².